The van der Waals surface area contributed by atoms with E-state index in [4.69, 9.17) is 5.73 Å². The minimum Gasteiger partial charge on any atom is -0.393 e. The van der Waals surface area contributed by atoms with E-state index in [1.165, 1.54) is 16.0 Å². The average molecular weight is 210 g/mol. The highest BCUT2D eigenvalue weighted by Crippen LogP contribution is 2.11. The minimum atomic E-state index is -0.225. The molecule has 0 amide bonds. The van der Waals surface area contributed by atoms with Crippen molar-refractivity contribution in [2.75, 3.05) is 5.73 Å². The van der Waals surface area contributed by atoms with Gasteiger partial charge in [0.25, 0.3) is 5.56 Å². The minimum absolute atomic E-state index is 0.225. The topological polar surface area (TPSA) is 76.7 Å². The van der Waals surface area contributed by atoms with Gasteiger partial charge in [-0.15, -0.1) is 11.3 Å². The van der Waals surface area contributed by atoms with Gasteiger partial charge in [-0.25, -0.2) is 4.98 Å². The molecule has 2 aromatic heterocycles. The fraction of sp³-hybridized carbons (Fsp3) is 0.250. The molecule has 2 rings (SSSR count). The van der Waals surface area contributed by atoms with Crippen molar-refractivity contribution in [1.82, 2.24) is 14.8 Å². The van der Waals surface area contributed by atoms with Crippen LogP contribution in [-0.4, -0.2) is 14.8 Å². The third kappa shape index (κ3) is 1.24. The number of aryl methyl sites for hydroxylation is 1. The van der Waals surface area contributed by atoms with Crippen LogP contribution >= 0.6 is 11.3 Å². The van der Waals surface area contributed by atoms with E-state index in [2.05, 4.69) is 10.1 Å². The fourth-order valence-electron chi connectivity index (χ4n) is 1.23. The van der Waals surface area contributed by atoms with Crippen LogP contribution in [0.25, 0.3) is 5.13 Å². The first kappa shape index (κ1) is 9.01. The number of hydrogen-bond acceptors (Lipinski definition) is 4. The molecular weight excluding hydrogens is 200 g/mol. The van der Waals surface area contributed by atoms with E-state index < -0.39 is 0 Å². The highest BCUT2D eigenvalue weighted by atomic mass is 32.1. The lowest BCUT2D eigenvalue weighted by Crippen LogP contribution is -2.16. The number of hydrogen-bond donors (Lipinski definition) is 2. The Labute approximate surface area is 84.2 Å². The Morgan fingerprint density at radius 1 is 1.71 bits per heavy atom. The van der Waals surface area contributed by atoms with Crippen LogP contribution in [0.4, 0.5) is 5.69 Å². The number of rotatable bonds is 2. The summed E-state index contributed by atoms with van der Waals surface area (Å²) >= 11 is 1.39. The molecule has 6 heteroatoms. The van der Waals surface area contributed by atoms with Crippen molar-refractivity contribution in [2.45, 2.75) is 13.3 Å². The van der Waals surface area contributed by atoms with E-state index in [1.807, 2.05) is 12.3 Å². The van der Waals surface area contributed by atoms with Gasteiger partial charge >= 0.3 is 0 Å². The lowest BCUT2D eigenvalue weighted by molar-refractivity contribution is 0.812. The van der Waals surface area contributed by atoms with Crippen molar-refractivity contribution in [1.29, 1.82) is 0 Å². The van der Waals surface area contributed by atoms with Gasteiger partial charge in [-0.3, -0.25) is 9.89 Å². The van der Waals surface area contributed by atoms with Crippen molar-refractivity contribution < 1.29 is 0 Å². The summed E-state index contributed by atoms with van der Waals surface area (Å²) in [4.78, 5) is 15.7. The molecule has 2 heterocycles. The Balaban J connectivity index is 2.61. The molecule has 0 saturated heterocycles. The second kappa shape index (κ2) is 3.30. The predicted octanol–water partition coefficient (Wildman–Crippen LogP) is 0.767. The molecule has 0 aliphatic carbocycles. The van der Waals surface area contributed by atoms with E-state index in [9.17, 15) is 4.79 Å². The summed E-state index contributed by atoms with van der Waals surface area (Å²) in [6.07, 6.45) is 2.36. The van der Waals surface area contributed by atoms with Gasteiger partial charge in [0.2, 0.25) is 5.13 Å². The quantitative estimate of drug-likeness (QED) is 0.768. The molecule has 0 spiro atoms. The smallest absolute Gasteiger partial charge is 0.296 e. The summed E-state index contributed by atoms with van der Waals surface area (Å²) in [6.45, 7) is 1.94. The molecule has 14 heavy (non-hydrogen) atoms. The summed E-state index contributed by atoms with van der Waals surface area (Å²) in [6, 6.07) is 0. The molecule has 0 aromatic carbocycles. The van der Waals surface area contributed by atoms with Crippen molar-refractivity contribution in [2.24, 2.45) is 0 Å². The summed E-state index contributed by atoms with van der Waals surface area (Å²) < 4.78 is 1.37. The number of nitrogen functional groups attached to an aromatic ring is 1. The highest BCUT2D eigenvalue weighted by molar-refractivity contribution is 7.12. The molecular formula is C8H10N4OS. The first-order valence-corrected chi connectivity index (χ1v) is 5.11. The number of anilines is 1. The SMILES string of the molecule is CCc1[nH]n(-c2nccs2)c(=O)c1N. The Morgan fingerprint density at radius 2 is 2.50 bits per heavy atom. The maximum atomic E-state index is 11.6. The van der Waals surface area contributed by atoms with E-state index in [0.29, 0.717) is 11.6 Å². The average Bonchev–Trinajstić information content (AvgIpc) is 2.78. The number of thiazole rings is 1. The van der Waals surface area contributed by atoms with Crippen LogP contribution in [0.15, 0.2) is 16.4 Å². The van der Waals surface area contributed by atoms with Gasteiger partial charge in [0.1, 0.15) is 5.69 Å². The van der Waals surface area contributed by atoms with Crippen molar-refractivity contribution in [3.05, 3.63) is 27.6 Å². The zero-order chi connectivity index (χ0) is 10.1. The van der Waals surface area contributed by atoms with Crippen LogP contribution in [0.5, 0.6) is 0 Å². The van der Waals surface area contributed by atoms with Crippen LogP contribution in [0.2, 0.25) is 0 Å². The van der Waals surface area contributed by atoms with E-state index in [1.54, 1.807) is 6.20 Å². The van der Waals surface area contributed by atoms with Gasteiger partial charge in [0.05, 0.1) is 5.69 Å². The molecule has 2 aromatic rings. The van der Waals surface area contributed by atoms with Gasteiger partial charge in [0, 0.05) is 11.6 Å². The molecule has 0 bridgehead atoms. The second-order valence-electron chi connectivity index (χ2n) is 2.81. The lowest BCUT2D eigenvalue weighted by atomic mass is 10.3. The van der Waals surface area contributed by atoms with Gasteiger partial charge in [0.15, 0.2) is 0 Å². The van der Waals surface area contributed by atoms with E-state index in [0.717, 1.165) is 5.69 Å². The van der Waals surface area contributed by atoms with Gasteiger partial charge in [-0.05, 0) is 6.42 Å². The number of H-pyrrole nitrogens is 1. The van der Waals surface area contributed by atoms with E-state index >= 15 is 0 Å². The zero-order valence-corrected chi connectivity index (χ0v) is 8.47. The summed E-state index contributed by atoms with van der Waals surface area (Å²) in [5, 5.41) is 5.35. The van der Waals surface area contributed by atoms with Crippen LogP contribution in [0, 0.1) is 0 Å². The number of nitrogens with one attached hydrogen (secondary N) is 1. The first-order chi connectivity index (χ1) is 6.74. The molecule has 74 valence electrons. The number of aromatic nitrogens is 3. The number of nitrogens with two attached hydrogens (primary N) is 1. The molecule has 0 unspecified atom stereocenters. The Kier molecular flexibility index (Phi) is 2.12. The third-order valence-corrected chi connectivity index (χ3v) is 2.73. The molecule has 0 atom stereocenters. The van der Waals surface area contributed by atoms with Crippen LogP contribution in [-0.2, 0) is 6.42 Å². The Hall–Kier alpha value is -1.56. The highest BCUT2D eigenvalue weighted by Gasteiger charge is 2.11. The number of nitrogens with zero attached hydrogens (tertiary/aromatic N) is 2. The van der Waals surface area contributed by atoms with Crippen LogP contribution < -0.4 is 11.3 Å². The molecule has 0 saturated carbocycles. The van der Waals surface area contributed by atoms with Gasteiger partial charge in [-0.2, -0.15) is 4.68 Å². The summed E-state index contributed by atoms with van der Waals surface area (Å²) in [5.74, 6) is 0. The Morgan fingerprint density at radius 3 is 3.00 bits per heavy atom. The molecule has 5 nitrogen and oxygen atoms in total. The first-order valence-electron chi connectivity index (χ1n) is 4.23. The monoisotopic (exact) mass is 210 g/mol. The largest absolute Gasteiger partial charge is 0.393 e. The van der Waals surface area contributed by atoms with Crippen molar-refractivity contribution in [3.63, 3.8) is 0 Å². The molecule has 0 aliphatic heterocycles. The zero-order valence-electron chi connectivity index (χ0n) is 7.65. The summed E-state index contributed by atoms with van der Waals surface area (Å²) in [5.41, 5.74) is 6.44. The van der Waals surface area contributed by atoms with Crippen molar-refractivity contribution >= 4 is 17.0 Å². The third-order valence-electron chi connectivity index (χ3n) is 1.97. The molecule has 0 fully saturated rings. The van der Waals surface area contributed by atoms with Crippen LogP contribution in [0.1, 0.15) is 12.6 Å². The number of aromatic amines is 1. The summed E-state index contributed by atoms with van der Waals surface area (Å²) in [7, 11) is 0. The fourth-order valence-corrected chi connectivity index (χ4v) is 1.83. The van der Waals surface area contributed by atoms with Gasteiger partial charge < -0.3 is 5.73 Å². The molecule has 0 radical (unpaired) electrons. The molecule has 3 N–H and O–H groups in total. The molecule has 0 aliphatic rings. The predicted molar refractivity (Wildman–Crippen MR) is 55.9 cm³/mol. The van der Waals surface area contributed by atoms with Crippen LogP contribution in [0.3, 0.4) is 0 Å². The Bertz CT molecular complexity index is 482. The standard InChI is InChI=1S/C8H10N4OS/c1-2-5-6(9)7(13)12(11-5)8-10-3-4-14-8/h3-4,11H,2,9H2,1H3. The lowest BCUT2D eigenvalue weighted by Gasteiger charge is -1.93. The second-order valence-corrected chi connectivity index (χ2v) is 3.69. The van der Waals surface area contributed by atoms with Gasteiger partial charge in [-0.1, -0.05) is 6.92 Å². The maximum Gasteiger partial charge on any atom is 0.296 e. The van der Waals surface area contributed by atoms with Crippen molar-refractivity contribution in [3.8, 4) is 5.13 Å². The van der Waals surface area contributed by atoms with E-state index in [-0.39, 0.29) is 11.2 Å². The normalized spacial score (nSPS) is 10.6. The maximum absolute atomic E-state index is 11.6.